The van der Waals surface area contributed by atoms with Crippen LogP contribution in [0, 0.1) is 0 Å². The summed E-state index contributed by atoms with van der Waals surface area (Å²) in [6, 6.07) is 10.0. The van der Waals surface area contributed by atoms with Crippen LogP contribution in [-0.2, 0) is 6.18 Å². The SMILES string of the molecule is FC(F)(F)c1ccc(-n2ncc(-c3ccccn3)c2Cl)cc1. The highest BCUT2D eigenvalue weighted by Crippen LogP contribution is 2.31. The Morgan fingerprint density at radius 1 is 1.00 bits per heavy atom. The van der Waals surface area contributed by atoms with Crippen molar-refractivity contribution in [2.45, 2.75) is 6.18 Å². The van der Waals surface area contributed by atoms with Crippen molar-refractivity contribution in [2.75, 3.05) is 0 Å². The second-order valence-electron chi connectivity index (χ2n) is 4.52. The van der Waals surface area contributed by atoms with E-state index in [1.54, 1.807) is 18.3 Å². The molecule has 0 atom stereocenters. The van der Waals surface area contributed by atoms with Crippen LogP contribution < -0.4 is 0 Å². The Balaban J connectivity index is 1.98. The molecule has 3 nitrogen and oxygen atoms in total. The van der Waals surface area contributed by atoms with Crippen LogP contribution in [-0.4, -0.2) is 14.8 Å². The lowest BCUT2D eigenvalue weighted by Gasteiger charge is -2.08. The predicted molar refractivity (Wildman–Crippen MR) is 76.8 cm³/mol. The van der Waals surface area contributed by atoms with Crippen molar-refractivity contribution in [3.63, 3.8) is 0 Å². The Bertz CT molecular complexity index is 780. The smallest absolute Gasteiger partial charge is 0.256 e. The second kappa shape index (κ2) is 5.46. The summed E-state index contributed by atoms with van der Waals surface area (Å²) in [6.45, 7) is 0. The third kappa shape index (κ3) is 2.69. The first-order valence-corrected chi connectivity index (χ1v) is 6.67. The summed E-state index contributed by atoms with van der Waals surface area (Å²) in [5, 5.41) is 4.41. The molecule has 0 bridgehead atoms. The minimum Gasteiger partial charge on any atom is -0.256 e. The highest BCUT2D eigenvalue weighted by Gasteiger charge is 2.30. The van der Waals surface area contributed by atoms with Gasteiger partial charge in [-0.05, 0) is 36.4 Å². The van der Waals surface area contributed by atoms with Crippen LogP contribution in [0.15, 0.2) is 54.9 Å². The van der Waals surface area contributed by atoms with E-state index in [0.717, 1.165) is 12.1 Å². The van der Waals surface area contributed by atoms with Gasteiger partial charge >= 0.3 is 6.18 Å². The van der Waals surface area contributed by atoms with Crippen LogP contribution in [0.5, 0.6) is 0 Å². The molecule has 3 aromatic rings. The van der Waals surface area contributed by atoms with Gasteiger partial charge in [0.15, 0.2) is 0 Å². The molecule has 0 saturated carbocycles. The van der Waals surface area contributed by atoms with E-state index in [9.17, 15) is 13.2 Å². The van der Waals surface area contributed by atoms with E-state index in [-0.39, 0.29) is 0 Å². The molecular formula is C15H9ClF3N3. The molecule has 0 fully saturated rings. The molecule has 7 heteroatoms. The quantitative estimate of drug-likeness (QED) is 0.689. The van der Waals surface area contributed by atoms with Crippen molar-refractivity contribution in [3.8, 4) is 16.9 Å². The number of nitrogens with zero attached hydrogens (tertiary/aromatic N) is 3. The van der Waals surface area contributed by atoms with Crippen LogP contribution in [0.4, 0.5) is 13.2 Å². The number of alkyl halides is 3. The average molecular weight is 324 g/mol. The van der Waals surface area contributed by atoms with Gasteiger partial charge in [-0.25, -0.2) is 4.68 Å². The molecule has 0 aliphatic carbocycles. The first-order chi connectivity index (χ1) is 10.5. The molecule has 0 saturated heterocycles. The summed E-state index contributed by atoms with van der Waals surface area (Å²) < 4.78 is 39.1. The molecule has 0 radical (unpaired) electrons. The Hall–Kier alpha value is -2.34. The zero-order chi connectivity index (χ0) is 15.7. The zero-order valence-corrected chi connectivity index (χ0v) is 11.8. The van der Waals surface area contributed by atoms with Crippen molar-refractivity contribution in [3.05, 3.63) is 65.6 Å². The Labute approximate surface area is 129 Å². The molecular weight excluding hydrogens is 315 g/mol. The van der Waals surface area contributed by atoms with Gasteiger partial charge in [0, 0.05) is 6.20 Å². The lowest BCUT2D eigenvalue weighted by atomic mass is 10.2. The number of hydrogen-bond donors (Lipinski definition) is 0. The summed E-state index contributed by atoms with van der Waals surface area (Å²) in [5.41, 5.74) is 0.984. The highest BCUT2D eigenvalue weighted by atomic mass is 35.5. The maximum atomic E-state index is 12.6. The van der Waals surface area contributed by atoms with E-state index in [2.05, 4.69) is 10.1 Å². The molecule has 2 aromatic heterocycles. The van der Waals surface area contributed by atoms with Crippen molar-refractivity contribution in [1.29, 1.82) is 0 Å². The first-order valence-electron chi connectivity index (χ1n) is 6.29. The number of halogens is 4. The molecule has 0 aliphatic heterocycles. The largest absolute Gasteiger partial charge is 0.416 e. The minimum absolute atomic E-state index is 0.290. The summed E-state index contributed by atoms with van der Waals surface area (Å²) in [4.78, 5) is 4.18. The van der Waals surface area contributed by atoms with Crippen LogP contribution >= 0.6 is 11.6 Å². The third-order valence-corrected chi connectivity index (χ3v) is 3.45. The molecule has 0 spiro atoms. The Morgan fingerprint density at radius 3 is 2.32 bits per heavy atom. The second-order valence-corrected chi connectivity index (χ2v) is 4.88. The molecule has 1 aromatic carbocycles. The van der Waals surface area contributed by atoms with E-state index in [0.29, 0.717) is 22.1 Å². The van der Waals surface area contributed by atoms with Gasteiger partial charge in [0.2, 0.25) is 0 Å². The number of rotatable bonds is 2. The van der Waals surface area contributed by atoms with Crippen LogP contribution in [0.25, 0.3) is 16.9 Å². The zero-order valence-electron chi connectivity index (χ0n) is 11.0. The molecule has 22 heavy (non-hydrogen) atoms. The maximum absolute atomic E-state index is 12.6. The number of aromatic nitrogens is 3. The fourth-order valence-corrected chi connectivity index (χ4v) is 2.29. The standard InChI is InChI=1S/C15H9ClF3N3/c16-14-12(13-3-1-2-8-20-13)9-21-22(14)11-6-4-10(5-7-11)15(17,18)19/h1-9H. The summed E-state index contributed by atoms with van der Waals surface area (Å²) in [5.74, 6) is 0. The van der Waals surface area contributed by atoms with Gasteiger partial charge in [-0.1, -0.05) is 17.7 Å². The molecule has 112 valence electrons. The van der Waals surface area contributed by atoms with Crippen LogP contribution in [0.1, 0.15) is 5.56 Å². The highest BCUT2D eigenvalue weighted by molar-refractivity contribution is 6.32. The number of pyridine rings is 1. The van der Waals surface area contributed by atoms with Gasteiger partial charge in [0.1, 0.15) is 5.15 Å². The van der Waals surface area contributed by atoms with E-state index >= 15 is 0 Å². The fourth-order valence-electron chi connectivity index (χ4n) is 2.00. The summed E-state index contributed by atoms with van der Waals surface area (Å²) >= 11 is 6.26. The van der Waals surface area contributed by atoms with Gasteiger partial charge < -0.3 is 0 Å². The molecule has 0 N–H and O–H groups in total. The van der Waals surface area contributed by atoms with Crippen molar-refractivity contribution in [2.24, 2.45) is 0 Å². The van der Waals surface area contributed by atoms with Crippen molar-refractivity contribution >= 4 is 11.6 Å². The van der Waals surface area contributed by atoms with E-state index in [1.807, 2.05) is 6.07 Å². The monoisotopic (exact) mass is 323 g/mol. The molecule has 0 unspecified atom stereocenters. The fraction of sp³-hybridized carbons (Fsp3) is 0.0667. The van der Waals surface area contributed by atoms with Gasteiger partial charge in [0.25, 0.3) is 0 Å². The van der Waals surface area contributed by atoms with E-state index < -0.39 is 11.7 Å². The summed E-state index contributed by atoms with van der Waals surface area (Å²) in [6.07, 6.45) is -1.21. The Kier molecular flexibility index (Phi) is 3.62. The molecule has 2 heterocycles. The third-order valence-electron chi connectivity index (χ3n) is 3.09. The molecule has 0 aliphatic rings. The predicted octanol–water partition coefficient (Wildman–Crippen LogP) is 4.61. The van der Waals surface area contributed by atoms with Gasteiger partial charge in [0.05, 0.1) is 28.7 Å². The van der Waals surface area contributed by atoms with Gasteiger partial charge in [-0.3, -0.25) is 4.98 Å². The first kappa shape index (κ1) is 14.6. The maximum Gasteiger partial charge on any atom is 0.416 e. The molecule has 3 rings (SSSR count). The molecule has 0 amide bonds. The summed E-state index contributed by atoms with van der Waals surface area (Å²) in [7, 11) is 0. The van der Waals surface area contributed by atoms with Gasteiger partial charge in [-0.2, -0.15) is 18.3 Å². The van der Waals surface area contributed by atoms with Crippen LogP contribution in [0.3, 0.4) is 0 Å². The topological polar surface area (TPSA) is 30.7 Å². The lowest BCUT2D eigenvalue weighted by Crippen LogP contribution is -2.05. The Morgan fingerprint density at radius 2 is 1.73 bits per heavy atom. The van der Waals surface area contributed by atoms with Crippen LogP contribution in [0.2, 0.25) is 5.15 Å². The van der Waals surface area contributed by atoms with Gasteiger partial charge in [-0.15, -0.1) is 0 Å². The number of benzene rings is 1. The lowest BCUT2D eigenvalue weighted by molar-refractivity contribution is -0.137. The van der Waals surface area contributed by atoms with E-state index in [1.165, 1.54) is 23.0 Å². The minimum atomic E-state index is -4.37. The van der Waals surface area contributed by atoms with Crippen molar-refractivity contribution in [1.82, 2.24) is 14.8 Å². The van der Waals surface area contributed by atoms with Crippen molar-refractivity contribution < 1.29 is 13.2 Å². The average Bonchev–Trinajstić information content (AvgIpc) is 2.89. The number of hydrogen-bond acceptors (Lipinski definition) is 2. The van der Waals surface area contributed by atoms with E-state index in [4.69, 9.17) is 11.6 Å². The normalized spacial score (nSPS) is 11.6.